The van der Waals surface area contributed by atoms with Crippen LogP contribution in [0.5, 0.6) is 5.75 Å². The third-order valence-corrected chi connectivity index (χ3v) is 5.57. The highest BCUT2D eigenvalue weighted by atomic mass is 16.5. The summed E-state index contributed by atoms with van der Waals surface area (Å²) in [5.74, 6) is 0.207. The van der Waals surface area contributed by atoms with E-state index >= 15 is 0 Å². The number of ether oxygens (including phenoxy) is 1. The number of carbonyl (C=O) groups excluding carboxylic acids is 2. The van der Waals surface area contributed by atoms with E-state index in [-0.39, 0.29) is 35.6 Å². The van der Waals surface area contributed by atoms with Gasteiger partial charge in [0.1, 0.15) is 5.75 Å². The van der Waals surface area contributed by atoms with Crippen molar-refractivity contribution in [1.82, 2.24) is 10.2 Å². The number of rotatable bonds is 5. The highest BCUT2D eigenvalue weighted by molar-refractivity contribution is 5.80. The molecule has 3 atom stereocenters. The highest BCUT2D eigenvalue weighted by Gasteiger charge is 2.37. The quantitative estimate of drug-likeness (QED) is 0.829. The summed E-state index contributed by atoms with van der Waals surface area (Å²) in [4.78, 5) is 26.6. The van der Waals surface area contributed by atoms with Crippen molar-refractivity contribution in [3.05, 3.63) is 29.3 Å². The molecule has 1 aliphatic heterocycles. The van der Waals surface area contributed by atoms with Crippen LogP contribution < -0.4 is 5.32 Å². The normalized spacial score (nSPS) is 25.0. The molecule has 2 amide bonds. The Labute approximate surface area is 160 Å². The Hall–Kier alpha value is -2.08. The number of fused-ring (bicyclic) bond motifs is 1. The molecule has 0 radical (unpaired) electrons. The third-order valence-electron chi connectivity index (χ3n) is 5.57. The molecular formula is C21H30N2O4. The molecule has 1 saturated carbocycles. The van der Waals surface area contributed by atoms with Crippen molar-refractivity contribution >= 4 is 11.8 Å². The topological polar surface area (TPSA) is 78.9 Å². The van der Waals surface area contributed by atoms with Gasteiger partial charge in [0.05, 0.1) is 12.1 Å². The molecule has 0 bridgehead atoms. The van der Waals surface area contributed by atoms with Gasteiger partial charge >= 0.3 is 0 Å². The zero-order chi connectivity index (χ0) is 19.4. The number of benzene rings is 1. The Bertz CT molecular complexity index is 691. The fourth-order valence-electron chi connectivity index (χ4n) is 4.24. The minimum Gasteiger partial charge on any atom is -0.508 e. The second-order valence-electron chi connectivity index (χ2n) is 7.69. The number of hydrogen-bond donors (Lipinski definition) is 2. The first-order chi connectivity index (χ1) is 13.0. The molecular weight excluding hydrogens is 344 g/mol. The molecule has 1 aromatic rings. The number of amides is 2. The summed E-state index contributed by atoms with van der Waals surface area (Å²) >= 11 is 0. The molecule has 0 spiro atoms. The van der Waals surface area contributed by atoms with E-state index in [9.17, 15) is 14.7 Å². The van der Waals surface area contributed by atoms with Gasteiger partial charge in [-0.25, -0.2) is 0 Å². The fraction of sp³-hybridized carbons (Fsp3) is 0.619. The molecule has 0 saturated heterocycles. The first-order valence-electron chi connectivity index (χ1n) is 9.96. The van der Waals surface area contributed by atoms with Crippen LogP contribution in [0.3, 0.4) is 0 Å². The molecule has 1 fully saturated rings. The van der Waals surface area contributed by atoms with Gasteiger partial charge in [0.15, 0.2) is 0 Å². The summed E-state index contributed by atoms with van der Waals surface area (Å²) in [6.45, 7) is 5.49. The van der Waals surface area contributed by atoms with E-state index in [2.05, 4.69) is 12.2 Å². The van der Waals surface area contributed by atoms with Gasteiger partial charge in [-0.2, -0.15) is 0 Å². The van der Waals surface area contributed by atoms with Crippen LogP contribution in [0.4, 0.5) is 0 Å². The molecule has 1 aliphatic carbocycles. The second-order valence-corrected chi connectivity index (χ2v) is 7.69. The van der Waals surface area contributed by atoms with Gasteiger partial charge in [-0.1, -0.05) is 13.0 Å². The Balaban J connectivity index is 1.65. The summed E-state index contributed by atoms with van der Waals surface area (Å²) in [6, 6.07) is 5.28. The van der Waals surface area contributed by atoms with Crippen molar-refractivity contribution < 1.29 is 19.4 Å². The number of carbonyl (C=O) groups is 2. The van der Waals surface area contributed by atoms with Gasteiger partial charge in [-0.15, -0.1) is 0 Å². The summed E-state index contributed by atoms with van der Waals surface area (Å²) in [5.41, 5.74) is 2.22. The van der Waals surface area contributed by atoms with Crippen molar-refractivity contribution in [3.63, 3.8) is 0 Å². The number of phenolic OH excluding ortho intramolecular Hbond substituents is 1. The van der Waals surface area contributed by atoms with E-state index in [1.165, 1.54) is 12.5 Å². The number of nitrogens with zero attached hydrogens (tertiary/aromatic N) is 1. The van der Waals surface area contributed by atoms with Crippen LogP contribution in [0.2, 0.25) is 0 Å². The lowest BCUT2D eigenvalue weighted by molar-refractivity contribution is -0.140. The summed E-state index contributed by atoms with van der Waals surface area (Å²) < 4.78 is 5.91. The van der Waals surface area contributed by atoms with E-state index in [4.69, 9.17) is 4.74 Å². The second kappa shape index (κ2) is 8.74. The van der Waals surface area contributed by atoms with Crippen molar-refractivity contribution in [2.75, 3.05) is 13.2 Å². The fourth-order valence-corrected chi connectivity index (χ4v) is 4.24. The average molecular weight is 374 g/mol. The van der Waals surface area contributed by atoms with E-state index in [1.807, 2.05) is 11.0 Å². The first-order valence-corrected chi connectivity index (χ1v) is 9.96. The molecule has 2 N–H and O–H groups in total. The highest BCUT2D eigenvalue weighted by Crippen LogP contribution is 2.31. The lowest BCUT2D eigenvalue weighted by Gasteiger charge is -2.38. The van der Waals surface area contributed by atoms with Gasteiger partial charge in [-0.3, -0.25) is 9.59 Å². The number of aromatic hydroxyl groups is 1. The van der Waals surface area contributed by atoms with E-state index in [0.717, 1.165) is 31.2 Å². The van der Waals surface area contributed by atoms with E-state index < -0.39 is 0 Å². The first kappa shape index (κ1) is 19.7. The number of hydrogen-bond acceptors (Lipinski definition) is 4. The Morgan fingerprint density at radius 1 is 1.30 bits per heavy atom. The van der Waals surface area contributed by atoms with Crippen molar-refractivity contribution in [2.45, 2.75) is 64.6 Å². The van der Waals surface area contributed by atoms with Gasteiger partial charge in [0.25, 0.3) is 0 Å². The predicted octanol–water partition coefficient (Wildman–Crippen LogP) is 2.38. The maximum atomic E-state index is 13.1. The monoisotopic (exact) mass is 374 g/mol. The SMILES string of the molecule is CCCO[C@@H]1CC[C@H](C(=O)N2CCc3ccc(O)cc3C2)C[C@H]1NC(C)=O. The minimum atomic E-state index is -0.113. The van der Waals surface area contributed by atoms with Crippen LogP contribution in [0.25, 0.3) is 0 Å². The third kappa shape index (κ3) is 4.80. The zero-order valence-electron chi connectivity index (χ0n) is 16.2. The summed E-state index contributed by atoms with van der Waals surface area (Å²) in [7, 11) is 0. The molecule has 0 aromatic heterocycles. The van der Waals surface area contributed by atoms with Crippen LogP contribution in [-0.2, 0) is 27.3 Å². The predicted molar refractivity (Wildman–Crippen MR) is 102 cm³/mol. The van der Waals surface area contributed by atoms with Crippen LogP contribution in [0.15, 0.2) is 18.2 Å². The van der Waals surface area contributed by atoms with Gasteiger partial charge < -0.3 is 20.1 Å². The largest absolute Gasteiger partial charge is 0.508 e. The van der Waals surface area contributed by atoms with Crippen molar-refractivity contribution in [1.29, 1.82) is 0 Å². The smallest absolute Gasteiger partial charge is 0.226 e. The molecule has 148 valence electrons. The van der Waals surface area contributed by atoms with Crippen LogP contribution in [-0.4, -0.2) is 47.1 Å². The van der Waals surface area contributed by atoms with E-state index in [1.54, 1.807) is 12.1 Å². The molecule has 2 aliphatic rings. The standard InChI is InChI=1S/C21H30N2O4/c1-3-10-27-20-7-5-16(12-19(20)22-14(2)24)21(26)23-9-8-15-4-6-18(25)11-17(15)13-23/h4,6,11,16,19-20,25H,3,5,7-10,12-13H2,1-2H3,(H,22,24)/t16-,19+,20+/m0/s1. The molecule has 6 nitrogen and oxygen atoms in total. The lowest BCUT2D eigenvalue weighted by atomic mass is 9.82. The molecule has 27 heavy (non-hydrogen) atoms. The van der Waals surface area contributed by atoms with Gasteiger partial charge in [-0.05, 0) is 55.4 Å². The van der Waals surface area contributed by atoms with Crippen molar-refractivity contribution in [2.24, 2.45) is 5.92 Å². The number of nitrogens with one attached hydrogen (secondary N) is 1. The summed E-state index contributed by atoms with van der Waals surface area (Å²) in [6.07, 6.45) is 3.92. The molecule has 3 rings (SSSR count). The van der Waals surface area contributed by atoms with E-state index in [0.29, 0.717) is 26.1 Å². The Morgan fingerprint density at radius 3 is 2.85 bits per heavy atom. The Kier molecular flexibility index (Phi) is 6.37. The maximum Gasteiger partial charge on any atom is 0.226 e. The molecule has 1 heterocycles. The minimum absolute atomic E-state index is 0.0167. The molecule has 6 heteroatoms. The van der Waals surface area contributed by atoms with Crippen LogP contribution in [0, 0.1) is 5.92 Å². The zero-order valence-corrected chi connectivity index (χ0v) is 16.2. The van der Waals surface area contributed by atoms with Crippen molar-refractivity contribution in [3.8, 4) is 5.75 Å². The lowest BCUT2D eigenvalue weighted by Crippen LogP contribution is -2.51. The average Bonchev–Trinajstić information content (AvgIpc) is 2.65. The van der Waals surface area contributed by atoms with Gasteiger partial charge in [0, 0.05) is 32.5 Å². The molecule has 0 unspecified atom stereocenters. The van der Waals surface area contributed by atoms with Crippen LogP contribution >= 0.6 is 0 Å². The maximum absolute atomic E-state index is 13.1. The molecule has 1 aromatic carbocycles. The Morgan fingerprint density at radius 2 is 2.11 bits per heavy atom. The number of phenols is 1. The summed E-state index contributed by atoms with van der Waals surface area (Å²) in [5, 5.41) is 12.7. The van der Waals surface area contributed by atoms with Crippen LogP contribution in [0.1, 0.15) is 50.7 Å². The van der Waals surface area contributed by atoms with Gasteiger partial charge in [0.2, 0.25) is 11.8 Å².